The summed E-state index contributed by atoms with van der Waals surface area (Å²) in [6, 6.07) is 4.97. The fourth-order valence-corrected chi connectivity index (χ4v) is 11.4. The number of benzene rings is 2. The first kappa shape index (κ1) is 48.9. The molecular weight excluding hydrogens is 702 g/mol. The third-order valence-corrected chi connectivity index (χ3v) is 15.7. The topological polar surface area (TPSA) is 31.4 Å². The maximum absolute atomic E-state index is 7.79. The summed E-state index contributed by atoms with van der Waals surface area (Å²) < 4.78 is 25.7. The second-order valence-corrected chi connectivity index (χ2v) is 22.5. The molecule has 8 heteroatoms. The molecule has 54 heavy (non-hydrogen) atoms. The molecule has 310 valence electrons. The highest BCUT2D eigenvalue weighted by atomic mass is 31.2. The Kier molecular flexibility index (Phi) is 17.6. The maximum Gasteiger partial charge on any atom is 0.248 e. The Morgan fingerprint density at radius 2 is 0.593 bits per heavy atom. The average molecular weight is 787 g/mol. The van der Waals surface area contributed by atoms with Crippen LogP contribution < -0.4 is 9.05 Å². The number of rotatable bonds is 17. The molecule has 2 rings (SSSR count). The van der Waals surface area contributed by atoms with Crippen molar-refractivity contribution in [2.24, 2.45) is 0 Å². The normalized spacial score (nSPS) is 13.5. The van der Waals surface area contributed by atoms with Crippen LogP contribution in [0, 0.1) is 13.8 Å². The van der Waals surface area contributed by atoms with Crippen molar-refractivity contribution in [3.05, 3.63) is 45.5 Å². The molecule has 0 spiro atoms. The Hall–Kier alpha value is -1.26. The van der Waals surface area contributed by atoms with Crippen molar-refractivity contribution in [3.8, 4) is 22.6 Å². The van der Waals surface area contributed by atoms with Crippen molar-refractivity contribution in [1.82, 2.24) is 18.7 Å². The predicted molar refractivity (Wildman–Crippen MR) is 243 cm³/mol. The van der Waals surface area contributed by atoms with Crippen LogP contribution in [-0.4, -0.2) is 71.0 Å². The van der Waals surface area contributed by atoms with E-state index >= 15 is 0 Å². The van der Waals surface area contributed by atoms with Crippen LogP contribution in [0.3, 0.4) is 0 Å². The molecule has 0 aliphatic carbocycles. The van der Waals surface area contributed by atoms with E-state index in [-0.39, 0.29) is 21.7 Å². The molecular formula is C46H84N4O2P2. The van der Waals surface area contributed by atoms with Gasteiger partial charge in [-0.1, -0.05) is 151 Å². The SMILES string of the molecule is CCN(CC)P(Oc1c(C(C)(C)C)cc(C(C)(C)C)c(C)c1-c1c(C)c(C(C)(C)C)cc(C(C)(C)C)c1OP(N(CC)CC)N(CC)CC)N(CC)CC. The number of nitrogens with zero attached hydrogens (tertiary/aromatic N) is 4. The first-order chi connectivity index (χ1) is 24.8. The summed E-state index contributed by atoms with van der Waals surface area (Å²) in [6.07, 6.45) is 0. The molecule has 0 saturated heterocycles. The molecule has 0 radical (unpaired) electrons. The summed E-state index contributed by atoms with van der Waals surface area (Å²) in [5, 5.41) is 0. The van der Waals surface area contributed by atoms with E-state index in [0.29, 0.717) is 0 Å². The van der Waals surface area contributed by atoms with Crippen LogP contribution in [0.4, 0.5) is 0 Å². The Labute approximate surface area is 338 Å². The molecule has 2 aromatic rings. The molecule has 0 saturated carbocycles. The maximum atomic E-state index is 7.79. The van der Waals surface area contributed by atoms with E-state index in [1.54, 1.807) is 0 Å². The van der Waals surface area contributed by atoms with Crippen LogP contribution in [0.1, 0.15) is 172 Å². The van der Waals surface area contributed by atoms with Crippen LogP contribution in [0.15, 0.2) is 12.1 Å². The van der Waals surface area contributed by atoms with Crippen LogP contribution in [-0.2, 0) is 21.7 Å². The minimum atomic E-state index is -1.10. The molecule has 0 amide bonds. The zero-order valence-corrected chi connectivity index (χ0v) is 41.1. The lowest BCUT2D eigenvalue weighted by Gasteiger charge is -2.41. The predicted octanol–water partition coefficient (Wildman–Crippen LogP) is 13.7. The van der Waals surface area contributed by atoms with Gasteiger partial charge in [0.05, 0.1) is 0 Å². The van der Waals surface area contributed by atoms with Crippen LogP contribution in [0.25, 0.3) is 11.1 Å². The molecule has 0 fully saturated rings. The highest BCUT2D eigenvalue weighted by Crippen LogP contribution is 2.59. The van der Waals surface area contributed by atoms with Crippen LogP contribution in [0.5, 0.6) is 11.5 Å². The monoisotopic (exact) mass is 787 g/mol. The third-order valence-electron chi connectivity index (χ3n) is 10.8. The Bertz CT molecular complexity index is 1360. The van der Waals surface area contributed by atoms with Crippen LogP contribution >= 0.6 is 16.9 Å². The second kappa shape index (κ2) is 19.5. The molecule has 0 heterocycles. The molecule has 0 N–H and O–H groups in total. The summed E-state index contributed by atoms with van der Waals surface area (Å²) in [5.74, 6) is 2.04. The third kappa shape index (κ3) is 11.0. The van der Waals surface area contributed by atoms with Gasteiger partial charge in [0.1, 0.15) is 11.5 Å². The van der Waals surface area contributed by atoms with Crippen molar-refractivity contribution in [3.63, 3.8) is 0 Å². The van der Waals surface area contributed by atoms with Crippen molar-refractivity contribution >= 4 is 16.9 Å². The van der Waals surface area contributed by atoms with E-state index in [9.17, 15) is 0 Å². The van der Waals surface area contributed by atoms with Crippen molar-refractivity contribution in [2.45, 2.75) is 174 Å². The van der Waals surface area contributed by atoms with Gasteiger partial charge in [0, 0.05) is 74.6 Å². The quantitative estimate of drug-likeness (QED) is 0.149. The minimum Gasteiger partial charge on any atom is -0.443 e. The first-order valence-corrected chi connectivity index (χ1v) is 23.5. The fraction of sp³-hybridized carbons (Fsp3) is 0.739. The van der Waals surface area contributed by atoms with E-state index in [2.05, 4.69) is 183 Å². The lowest BCUT2D eigenvalue weighted by atomic mass is 9.72. The van der Waals surface area contributed by atoms with Gasteiger partial charge >= 0.3 is 0 Å². The van der Waals surface area contributed by atoms with E-state index in [1.807, 2.05) is 0 Å². The van der Waals surface area contributed by atoms with Gasteiger partial charge in [0.15, 0.2) is 0 Å². The largest absolute Gasteiger partial charge is 0.443 e. The number of hydrogen-bond acceptors (Lipinski definition) is 6. The molecule has 6 nitrogen and oxygen atoms in total. The summed E-state index contributed by atoms with van der Waals surface area (Å²) in [5.41, 5.74) is 9.71. The van der Waals surface area contributed by atoms with Crippen molar-refractivity contribution in [2.75, 3.05) is 52.4 Å². The van der Waals surface area contributed by atoms with Crippen molar-refractivity contribution in [1.29, 1.82) is 0 Å². The van der Waals surface area contributed by atoms with Crippen LogP contribution in [0.2, 0.25) is 0 Å². The van der Waals surface area contributed by atoms with Crippen molar-refractivity contribution < 1.29 is 9.05 Å². The first-order valence-electron chi connectivity index (χ1n) is 21.2. The Morgan fingerprint density at radius 3 is 0.759 bits per heavy atom. The van der Waals surface area contributed by atoms with E-state index < -0.39 is 16.9 Å². The summed E-state index contributed by atoms with van der Waals surface area (Å²) >= 11 is 0. The lowest BCUT2D eigenvalue weighted by Crippen LogP contribution is -2.32. The molecule has 0 bridgehead atoms. The Morgan fingerprint density at radius 1 is 0.389 bits per heavy atom. The zero-order valence-electron chi connectivity index (χ0n) is 39.3. The van der Waals surface area contributed by atoms with Gasteiger partial charge < -0.3 is 9.05 Å². The molecule has 0 unspecified atom stereocenters. The summed E-state index contributed by atoms with van der Waals surface area (Å²) in [4.78, 5) is 0. The standard InChI is InChI=1S/C46H84N4O2P2/c1-23-47(24-2)53(48(25-3)26-4)51-41-37(45(17,18)19)31-35(43(11,12)13)33(9)39(41)40-34(10)36(44(14,15)16)32-38(46(20,21)22)42(40)52-54(49(27-5)28-6)50(29-7)30-8/h31-32H,23-30H2,1-22H3. The average Bonchev–Trinajstić information content (AvgIpc) is 3.05. The second-order valence-electron chi connectivity index (χ2n) is 18.8. The van der Waals surface area contributed by atoms with Gasteiger partial charge in [-0.15, -0.1) is 0 Å². The van der Waals surface area contributed by atoms with Gasteiger partial charge in [-0.3, -0.25) is 0 Å². The van der Waals surface area contributed by atoms with E-state index in [4.69, 9.17) is 9.05 Å². The molecule has 0 atom stereocenters. The molecule has 0 aliphatic rings. The highest BCUT2D eigenvalue weighted by molar-refractivity contribution is 7.48. The Balaban J connectivity index is 3.59. The smallest absolute Gasteiger partial charge is 0.248 e. The molecule has 0 aliphatic heterocycles. The minimum absolute atomic E-state index is 0.0850. The van der Waals surface area contributed by atoms with Gasteiger partial charge in [-0.05, 0) is 57.8 Å². The highest BCUT2D eigenvalue weighted by Gasteiger charge is 2.39. The fourth-order valence-electron chi connectivity index (χ4n) is 7.59. The molecule has 0 aromatic heterocycles. The number of hydrogen-bond donors (Lipinski definition) is 0. The molecule has 2 aromatic carbocycles. The van der Waals surface area contributed by atoms with Gasteiger partial charge in [0.2, 0.25) is 16.9 Å². The summed E-state index contributed by atoms with van der Waals surface area (Å²) in [6.45, 7) is 58.6. The lowest BCUT2D eigenvalue weighted by molar-refractivity contribution is 0.355. The van der Waals surface area contributed by atoms with Gasteiger partial charge in [-0.25, -0.2) is 18.7 Å². The van der Waals surface area contributed by atoms with E-state index in [1.165, 1.54) is 44.5 Å². The zero-order chi connectivity index (χ0) is 41.7. The van der Waals surface area contributed by atoms with Gasteiger partial charge in [0.25, 0.3) is 0 Å². The van der Waals surface area contributed by atoms with Gasteiger partial charge in [-0.2, -0.15) is 0 Å². The van der Waals surface area contributed by atoms with E-state index in [0.717, 1.165) is 63.9 Å². The summed E-state index contributed by atoms with van der Waals surface area (Å²) in [7, 11) is -2.20.